The van der Waals surface area contributed by atoms with Crippen molar-refractivity contribution in [1.29, 1.82) is 10.8 Å². The van der Waals surface area contributed by atoms with Gasteiger partial charge in [-0.2, -0.15) is 0 Å². The Balaban J connectivity index is 1.85. The first kappa shape index (κ1) is 21.7. The Morgan fingerprint density at radius 3 is 2.90 bits per heavy atom. The fourth-order valence-corrected chi connectivity index (χ4v) is 3.66. The standard InChI is InChI=1S/C22H31N7O/c1-22(2)6-7-29(8-9-30-22)20-11-19(27-14-28-20)21(25)17-10-15(4-5-18(17)24)16(12-23)13-26-3/h5,10-15,23,25-26H,4,6-9,24H2,1-3H3/b16-13+,23-12?,25-21?. The summed E-state index contributed by atoms with van der Waals surface area (Å²) in [5.74, 6) is 0.778. The molecule has 1 aromatic rings. The van der Waals surface area contributed by atoms with Crippen LogP contribution in [0.4, 0.5) is 5.82 Å². The van der Waals surface area contributed by atoms with E-state index < -0.39 is 0 Å². The Morgan fingerprint density at radius 1 is 1.37 bits per heavy atom. The molecule has 30 heavy (non-hydrogen) atoms. The van der Waals surface area contributed by atoms with E-state index in [1.165, 1.54) is 12.5 Å². The molecule has 2 aliphatic rings. The van der Waals surface area contributed by atoms with Crippen molar-refractivity contribution < 1.29 is 4.74 Å². The van der Waals surface area contributed by atoms with Gasteiger partial charge >= 0.3 is 0 Å². The van der Waals surface area contributed by atoms with Crippen molar-refractivity contribution in [3.05, 3.63) is 53.3 Å². The Kier molecular flexibility index (Phi) is 6.66. The number of nitrogens with one attached hydrogen (secondary N) is 3. The van der Waals surface area contributed by atoms with Gasteiger partial charge in [-0.15, -0.1) is 0 Å². The van der Waals surface area contributed by atoms with Crippen molar-refractivity contribution in [3.63, 3.8) is 0 Å². The molecule has 0 aromatic carbocycles. The van der Waals surface area contributed by atoms with Gasteiger partial charge in [-0.3, -0.25) is 5.41 Å². The highest BCUT2D eigenvalue weighted by Gasteiger charge is 2.25. The summed E-state index contributed by atoms with van der Waals surface area (Å²) in [6.45, 7) is 6.42. The third-order valence-electron chi connectivity index (χ3n) is 5.52. The average Bonchev–Trinajstić information content (AvgIpc) is 2.92. The van der Waals surface area contributed by atoms with Gasteiger partial charge in [0.15, 0.2) is 0 Å². The number of hydrogen-bond acceptors (Lipinski definition) is 8. The van der Waals surface area contributed by atoms with Crippen LogP contribution in [0.15, 0.2) is 47.6 Å². The first-order valence-corrected chi connectivity index (χ1v) is 10.2. The first-order valence-electron chi connectivity index (χ1n) is 10.2. The van der Waals surface area contributed by atoms with Crippen molar-refractivity contribution >= 4 is 17.7 Å². The van der Waals surface area contributed by atoms with Crippen LogP contribution in [0.5, 0.6) is 0 Å². The van der Waals surface area contributed by atoms with Crippen molar-refractivity contribution in [1.82, 2.24) is 15.3 Å². The van der Waals surface area contributed by atoms with Gasteiger partial charge in [0.2, 0.25) is 0 Å². The lowest BCUT2D eigenvalue weighted by Crippen LogP contribution is -2.28. The summed E-state index contributed by atoms with van der Waals surface area (Å²) in [6.07, 6.45) is 10.1. The van der Waals surface area contributed by atoms with E-state index in [1.807, 2.05) is 18.2 Å². The van der Waals surface area contributed by atoms with Crippen LogP contribution in [-0.2, 0) is 4.74 Å². The topological polar surface area (TPSA) is 124 Å². The normalized spacial score (nSPS) is 21.9. The maximum absolute atomic E-state index is 8.75. The van der Waals surface area contributed by atoms with E-state index in [9.17, 15) is 0 Å². The van der Waals surface area contributed by atoms with E-state index >= 15 is 0 Å². The molecule has 2 heterocycles. The second-order valence-corrected chi connectivity index (χ2v) is 8.14. The number of aromatic nitrogens is 2. The molecule has 1 atom stereocenters. The summed E-state index contributed by atoms with van der Waals surface area (Å²) in [5.41, 5.74) is 8.90. The molecule has 1 saturated heterocycles. The molecule has 8 nitrogen and oxygen atoms in total. The predicted octanol–water partition coefficient (Wildman–Crippen LogP) is 2.39. The number of allylic oxidation sites excluding steroid dienone is 4. The molecule has 5 N–H and O–H groups in total. The van der Waals surface area contributed by atoms with Crippen LogP contribution in [0.3, 0.4) is 0 Å². The van der Waals surface area contributed by atoms with E-state index in [0.29, 0.717) is 30.0 Å². The zero-order valence-electron chi connectivity index (χ0n) is 17.9. The molecule has 1 fully saturated rings. The summed E-state index contributed by atoms with van der Waals surface area (Å²) >= 11 is 0. The molecule has 160 valence electrons. The summed E-state index contributed by atoms with van der Waals surface area (Å²) < 4.78 is 5.90. The third-order valence-corrected chi connectivity index (χ3v) is 5.52. The molecule has 0 radical (unpaired) electrons. The SMILES string of the molecule is CN/C=C(\C=N)C1C=C(C(=N)c2cc(N3CCOC(C)(C)CC3)ncn2)C(N)=CC1. The van der Waals surface area contributed by atoms with Gasteiger partial charge in [0.05, 0.1) is 23.6 Å². The van der Waals surface area contributed by atoms with Gasteiger partial charge in [-0.1, -0.05) is 12.2 Å². The van der Waals surface area contributed by atoms with Crippen LogP contribution in [0.2, 0.25) is 0 Å². The zero-order valence-corrected chi connectivity index (χ0v) is 17.9. The van der Waals surface area contributed by atoms with Crippen molar-refractivity contribution in [2.75, 3.05) is 31.6 Å². The molecule has 0 bridgehead atoms. The molecule has 1 unspecified atom stereocenters. The van der Waals surface area contributed by atoms with E-state index in [0.717, 1.165) is 30.9 Å². The van der Waals surface area contributed by atoms with Crippen LogP contribution >= 0.6 is 0 Å². The monoisotopic (exact) mass is 409 g/mol. The van der Waals surface area contributed by atoms with Crippen LogP contribution < -0.4 is 16.0 Å². The molecular formula is C22H31N7O. The highest BCUT2D eigenvalue weighted by Crippen LogP contribution is 2.28. The number of nitrogens with zero attached hydrogens (tertiary/aromatic N) is 3. The Labute approximate surface area is 177 Å². The lowest BCUT2D eigenvalue weighted by atomic mass is 9.86. The molecule has 1 aromatic heterocycles. The zero-order chi connectivity index (χ0) is 21.7. The molecule has 1 aliphatic carbocycles. The van der Waals surface area contributed by atoms with Gasteiger partial charge in [0.1, 0.15) is 12.1 Å². The largest absolute Gasteiger partial charge is 0.398 e. The maximum Gasteiger partial charge on any atom is 0.132 e. The van der Waals surface area contributed by atoms with Gasteiger partial charge < -0.3 is 26.1 Å². The molecule has 0 spiro atoms. The highest BCUT2D eigenvalue weighted by atomic mass is 16.5. The molecular weight excluding hydrogens is 378 g/mol. The van der Waals surface area contributed by atoms with Crippen molar-refractivity contribution in [2.45, 2.75) is 32.3 Å². The minimum Gasteiger partial charge on any atom is -0.398 e. The Hall–Kier alpha value is -3.00. The van der Waals surface area contributed by atoms with E-state index in [4.69, 9.17) is 21.3 Å². The smallest absolute Gasteiger partial charge is 0.132 e. The second kappa shape index (κ2) is 9.21. The van der Waals surface area contributed by atoms with E-state index in [2.05, 4.69) is 34.0 Å². The Morgan fingerprint density at radius 2 is 2.17 bits per heavy atom. The first-order chi connectivity index (χ1) is 14.3. The number of nitrogens with two attached hydrogens (primary N) is 1. The summed E-state index contributed by atoms with van der Waals surface area (Å²) in [6, 6.07) is 1.85. The number of rotatable bonds is 6. The third kappa shape index (κ3) is 4.94. The highest BCUT2D eigenvalue weighted by molar-refractivity contribution is 6.12. The van der Waals surface area contributed by atoms with Gasteiger partial charge in [0.25, 0.3) is 0 Å². The van der Waals surface area contributed by atoms with E-state index in [1.54, 1.807) is 13.2 Å². The fraction of sp³-hybridized carbons (Fsp3) is 0.455. The molecule has 8 heteroatoms. The molecule has 3 rings (SSSR count). The van der Waals surface area contributed by atoms with Crippen molar-refractivity contribution in [3.8, 4) is 0 Å². The van der Waals surface area contributed by atoms with Crippen LogP contribution in [0.25, 0.3) is 0 Å². The summed E-state index contributed by atoms with van der Waals surface area (Å²) in [4.78, 5) is 10.9. The number of hydrogen-bond donors (Lipinski definition) is 4. The molecule has 1 aliphatic heterocycles. The van der Waals surface area contributed by atoms with Crippen LogP contribution in [-0.4, -0.2) is 54.2 Å². The van der Waals surface area contributed by atoms with Gasteiger partial charge in [-0.05, 0) is 32.3 Å². The fourth-order valence-electron chi connectivity index (χ4n) is 3.66. The van der Waals surface area contributed by atoms with Gasteiger partial charge in [-0.25, -0.2) is 9.97 Å². The number of ether oxygens (including phenoxy) is 1. The summed E-state index contributed by atoms with van der Waals surface area (Å²) in [5, 5.41) is 19.4. The minimum absolute atomic E-state index is 0.0103. The minimum atomic E-state index is -0.147. The van der Waals surface area contributed by atoms with Crippen LogP contribution in [0.1, 0.15) is 32.4 Å². The lowest BCUT2D eigenvalue weighted by Gasteiger charge is -2.24. The maximum atomic E-state index is 8.75. The molecule has 0 amide bonds. The average molecular weight is 410 g/mol. The van der Waals surface area contributed by atoms with Crippen LogP contribution in [0, 0.1) is 16.7 Å². The predicted molar refractivity (Wildman–Crippen MR) is 120 cm³/mol. The second-order valence-electron chi connectivity index (χ2n) is 8.14. The summed E-state index contributed by atoms with van der Waals surface area (Å²) in [7, 11) is 1.81. The van der Waals surface area contributed by atoms with E-state index in [-0.39, 0.29) is 17.2 Å². The number of anilines is 1. The lowest BCUT2D eigenvalue weighted by molar-refractivity contribution is -0.00770. The van der Waals surface area contributed by atoms with Gasteiger partial charge in [0, 0.05) is 55.8 Å². The molecule has 0 saturated carbocycles. The quantitative estimate of drug-likeness (QED) is 0.535. The Bertz CT molecular complexity index is 901. The van der Waals surface area contributed by atoms with Crippen molar-refractivity contribution in [2.24, 2.45) is 11.7 Å².